The quantitative estimate of drug-likeness (QED) is 0.917. The van der Waals surface area contributed by atoms with Crippen LogP contribution in [0.3, 0.4) is 0 Å². The molecule has 1 N–H and O–H groups in total. The number of aromatic nitrogens is 2. The first-order chi connectivity index (χ1) is 9.21. The Morgan fingerprint density at radius 2 is 1.95 bits per heavy atom. The average molecular weight is 277 g/mol. The molecule has 1 aromatic heterocycles. The van der Waals surface area contributed by atoms with Crippen molar-refractivity contribution in [2.75, 3.05) is 0 Å². The lowest BCUT2D eigenvalue weighted by atomic mass is 9.92. The molecule has 1 fully saturated rings. The first-order valence-corrected chi connectivity index (χ1v) is 7.60. The summed E-state index contributed by atoms with van der Waals surface area (Å²) >= 11 is 0. The zero-order valence-electron chi connectivity index (χ0n) is 13.5. The minimum Gasteiger partial charge on any atom is -0.331 e. The van der Waals surface area contributed by atoms with Crippen LogP contribution in [-0.4, -0.2) is 33.1 Å². The van der Waals surface area contributed by atoms with E-state index >= 15 is 0 Å². The van der Waals surface area contributed by atoms with Crippen molar-refractivity contribution in [1.82, 2.24) is 15.1 Å². The number of rotatable bonds is 4. The maximum atomic E-state index is 12.8. The molecule has 4 nitrogen and oxygen atoms in total. The smallest absolute Gasteiger partial charge is 0.274 e. The van der Waals surface area contributed by atoms with Gasteiger partial charge in [0.05, 0.1) is 0 Å². The van der Waals surface area contributed by atoms with Crippen molar-refractivity contribution < 1.29 is 4.79 Å². The summed E-state index contributed by atoms with van der Waals surface area (Å²) in [5.41, 5.74) is 1.54. The second-order valence-electron chi connectivity index (χ2n) is 7.35. The van der Waals surface area contributed by atoms with Gasteiger partial charge in [-0.05, 0) is 31.7 Å². The largest absolute Gasteiger partial charge is 0.331 e. The first-order valence-electron chi connectivity index (χ1n) is 7.60. The number of H-pyrrole nitrogens is 1. The van der Waals surface area contributed by atoms with Crippen LogP contribution in [0.5, 0.6) is 0 Å². The number of aromatic amines is 1. The van der Waals surface area contributed by atoms with Crippen LogP contribution in [0.15, 0.2) is 6.07 Å². The van der Waals surface area contributed by atoms with Gasteiger partial charge in [-0.1, -0.05) is 34.6 Å². The lowest BCUT2D eigenvalue weighted by Gasteiger charge is -2.31. The van der Waals surface area contributed by atoms with Crippen molar-refractivity contribution in [3.8, 4) is 0 Å². The van der Waals surface area contributed by atoms with Crippen molar-refractivity contribution in [2.24, 2.45) is 5.92 Å². The fraction of sp³-hybridized carbons (Fsp3) is 0.750. The molecule has 1 aromatic rings. The fourth-order valence-electron chi connectivity index (χ4n) is 2.30. The van der Waals surface area contributed by atoms with E-state index in [-0.39, 0.29) is 17.4 Å². The number of nitrogens with one attached hydrogen (secondary N) is 1. The number of hydrogen-bond acceptors (Lipinski definition) is 2. The average Bonchev–Trinajstić information content (AvgIpc) is 3.03. The Labute approximate surface area is 121 Å². The Morgan fingerprint density at radius 3 is 2.35 bits per heavy atom. The van der Waals surface area contributed by atoms with Crippen LogP contribution in [0.1, 0.15) is 70.6 Å². The Hall–Kier alpha value is -1.32. The number of carbonyl (C=O) groups is 1. The van der Waals surface area contributed by atoms with E-state index in [0.29, 0.717) is 17.7 Å². The van der Waals surface area contributed by atoms with Crippen LogP contribution in [-0.2, 0) is 5.41 Å². The van der Waals surface area contributed by atoms with Crippen molar-refractivity contribution in [3.05, 3.63) is 17.5 Å². The molecule has 1 heterocycles. The summed E-state index contributed by atoms with van der Waals surface area (Å²) < 4.78 is 0. The third kappa shape index (κ3) is 3.05. The molecule has 1 atom stereocenters. The molecule has 20 heavy (non-hydrogen) atoms. The van der Waals surface area contributed by atoms with Gasteiger partial charge in [0.1, 0.15) is 5.69 Å². The molecule has 1 saturated carbocycles. The second kappa shape index (κ2) is 5.23. The van der Waals surface area contributed by atoms with E-state index in [9.17, 15) is 4.79 Å². The summed E-state index contributed by atoms with van der Waals surface area (Å²) in [6.07, 6.45) is 2.25. The zero-order chi connectivity index (χ0) is 15.1. The van der Waals surface area contributed by atoms with Crippen LogP contribution >= 0.6 is 0 Å². The van der Waals surface area contributed by atoms with E-state index in [1.54, 1.807) is 0 Å². The van der Waals surface area contributed by atoms with Gasteiger partial charge in [-0.25, -0.2) is 0 Å². The van der Waals surface area contributed by atoms with E-state index in [4.69, 9.17) is 0 Å². The summed E-state index contributed by atoms with van der Waals surface area (Å²) in [4.78, 5) is 14.8. The number of carbonyl (C=O) groups excluding carboxylic acids is 1. The second-order valence-corrected chi connectivity index (χ2v) is 7.35. The summed E-state index contributed by atoms with van der Waals surface area (Å²) in [6, 6.07) is 2.57. The molecule has 112 valence electrons. The Bertz CT molecular complexity index is 480. The molecule has 4 heteroatoms. The molecule has 2 rings (SSSR count). The van der Waals surface area contributed by atoms with Gasteiger partial charge in [-0.3, -0.25) is 9.89 Å². The predicted molar refractivity (Wildman–Crippen MR) is 80.8 cm³/mol. The predicted octanol–water partition coefficient (Wildman–Crippen LogP) is 3.36. The summed E-state index contributed by atoms with van der Waals surface area (Å²) in [5, 5.41) is 7.25. The van der Waals surface area contributed by atoms with Crippen molar-refractivity contribution in [3.63, 3.8) is 0 Å². The van der Waals surface area contributed by atoms with E-state index in [2.05, 4.69) is 51.7 Å². The molecule has 0 saturated heterocycles. The highest BCUT2D eigenvalue weighted by Crippen LogP contribution is 2.32. The summed E-state index contributed by atoms with van der Waals surface area (Å²) in [7, 11) is 0. The normalized spacial score (nSPS) is 17.4. The van der Waals surface area contributed by atoms with Gasteiger partial charge in [0.2, 0.25) is 0 Å². The third-order valence-corrected chi connectivity index (χ3v) is 4.18. The number of nitrogens with zero attached hydrogens (tertiary/aromatic N) is 2. The maximum absolute atomic E-state index is 12.8. The zero-order valence-corrected chi connectivity index (χ0v) is 13.5. The fourth-order valence-corrected chi connectivity index (χ4v) is 2.30. The Morgan fingerprint density at radius 1 is 1.35 bits per heavy atom. The lowest BCUT2D eigenvalue weighted by Crippen LogP contribution is -2.43. The molecule has 0 unspecified atom stereocenters. The Balaban J connectivity index is 2.22. The van der Waals surface area contributed by atoms with Crippen LogP contribution in [0.2, 0.25) is 0 Å². The van der Waals surface area contributed by atoms with Crippen molar-refractivity contribution in [2.45, 2.75) is 71.9 Å². The third-order valence-electron chi connectivity index (χ3n) is 4.18. The van der Waals surface area contributed by atoms with Crippen LogP contribution in [0.25, 0.3) is 0 Å². The van der Waals surface area contributed by atoms with Gasteiger partial charge in [-0.2, -0.15) is 5.10 Å². The van der Waals surface area contributed by atoms with Crippen LogP contribution in [0, 0.1) is 5.92 Å². The van der Waals surface area contributed by atoms with E-state index < -0.39 is 0 Å². The molecular weight excluding hydrogens is 250 g/mol. The summed E-state index contributed by atoms with van der Waals surface area (Å²) in [6.45, 7) is 12.8. The van der Waals surface area contributed by atoms with Crippen molar-refractivity contribution in [1.29, 1.82) is 0 Å². The first kappa shape index (κ1) is 15.1. The van der Waals surface area contributed by atoms with Crippen LogP contribution < -0.4 is 0 Å². The molecule has 0 aromatic carbocycles. The van der Waals surface area contributed by atoms with E-state index in [1.807, 2.05) is 11.0 Å². The molecule has 0 aliphatic heterocycles. The van der Waals surface area contributed by atoms with Gasteiger partial charge >= 0.3 is 0 Å². The summed E-state index contributed by atoms with van der Waals surface area (Å²) in [5.74, 6) is 0.529. The highest BCUT2D eigenvalue weighted by Gasteiger charge is 2.38. The lowest BCUT2D eigenvalue weighted by molar-refractivity contribution is 0.0621. The molecule has 0 bridgehead atoms. The highest BCUT2D eigenvalue weighted by atomic mass is 16.2. The van der Waals surface area contributed by atoms with Gasteiger partial charge in [0, 0.05) is 23.2 Å². The molecule has 1 amide bonds. The highest BCUT2D eigenvalue weighted by molar-refractivity contribution is 5.93. The van der Waals surface area contributed by atoms with Gasteiger partial charge < -0.3 is 4.90 Å². The van der Waals surface area contributed by atoms with Gasteiger partial charge in [-0.15, -0.1) is 0 Å². The molecule has 0 spiro atoms. The molecular formula is C16H27N3O. The van der Waals surface area contributed by atoms with Gasteiger partial charge in [0.15, 0.2) is 0 Å². The number of amides is 1. The molecule has 0 radical (unpaired) electrons. The molecule has 1 aliphatic rings. The van der Waals surface area contributed by atoms with E-state index in [0.717, 1.165) is 18.5 Å². The maximum Gasteiger partial charge on any atom is 0.274 e. The Kier molecular flexibility index (Phi) is 3.94. The monoisotopic (exact) mass is 277 g/mol. The molecule has 1 aliphatic carbocycles. The minimum atomic E-state index is -0.0143. The van der Waals surface area contributed by atoms with Crippen molar-refractivity contribution >= 4 is 5.91 Å². The minimum absolute atomic E-state index is 0.0143. The van der Waals surface area contributed by atoms with Crippen LogP contribution in [0.4, 0.5) is 0 Å². The topological polar surface area (TPSA) is 49.0 Å². The SMILES string of the molecule is CC(C)[C@@H](C)N(C(=O)c1cc(C(C)(C)C)[nH]n1)C1CC1. The van der Waals surface area contributed by atoms with E-state index in [1.165, 1.54) is 0 Å². The van der Waals surface area contributed by atoms with Gasteiger partial charge in [0.25, 0.3) is 5.91 Å². The number of hydrogen-bond donors (Lipinski definition) is 1. The standard InChI is InChI=1S/C16H27N3O/c1-10(2)11(3)19(12-7-8-12)15(20)13-9-14(18-17-13)16(4,5)6/h9-12H,7-8H2,1-6H3,(H,17,18)/t11-/m1/s1.